The van der Waals surface area contributed by atoms with Gasteiger partial charge < -0.3 is 9.47 Å². The van der Waals surface area contributed by atoms with Crippen molar-refractivity contribution in [2.24, 2.45) is 4.99 Å². The highest BCUT2D eigenvalue weighted by atomic mass is 35.5. The van der Waals surface area contributed by atoms with Crippen molar-refractivity contribution in [1.82, 2.24) is 4.57 Å². The van der Waals surface area contributed by atoms with Crippen LogP contribution in [-0.4, -0.2) is 24.3 Å². The maximum atomic E-state index is 13.8. The normalized spacial score (nSPS) is 15.6. The van der Waals surface area contributed by atoms with Crippen molar-refractivity contribution in [2.75, 3.05) is 13.7 Å². The Morgan fingerprint density at radius 1 is 1.11 bits per heavy atom. The molecule has 182 valence electrons. The van der Waals surface area contributed by atoms with E-state index in [-0.39, 0.29) is 12.2 Å². The number of aromatic nitrogens is 1. The maximum Gasteiger partial charge on any atom is 0.338 e. The average Bonchev–Trinajstić information content (AvgIpc) is 3.18. The van der Waals surface area contributed by atoms with Crippen LogP contribution in [0.3, 0.4) is 0 Å². The van der Waals surface area contributed by atoms with Crippen molar-refractivity contribution in [1.29, 1.82) is 0 Å². The number of thiazole rings is 1. The zero-order valence-corrected chi connectivity index (χ0v) is 21.5. The molecule has 0 aliphatic carbocycles. The number of esters is 1. The van der Waals surface area contributed by atoms with Gasteiger partial charge in [0.05, 0.1) is 35.6 Å². The summed E-state index contributed by atoms with van der Waals surface area (Å²) in [5, 5.41) is 2.39. The van der Waals surface area contributed by atoms with Gasteiger partial charge in [-0.15, -0.1) is 0 Å². The monoisotopic (exact) mass is 518 g/mol. The topological polar surface area (TPSA) is 69.9 Å². The molecule has 0 radical (unpaired) electrons. The Bertz CT molecular complexity index is 1700. The zero-order chi connectivity index (χ0) is 25.4. The molecule has 1 aliphatic heterocycles. The lowest BCUT2D eigenvalue weighted by molar-refractivity contribution is -0.139. The van der Waals surface area contributed by atoms with Crippen molar-refractivity contribution in [3.8, 4) is 5.75 Å². The number of ether oxygens (including phenoxy) is 2. The van der Waals surface area contributed by atoms with Crippen LogP contribution in [0.2, 0.25) is 5.02 Å². The quantitative estimate of drug-likeness (QED) is 0.362. The van der Waals surface area contributed by atoms with Crippen molar-refractivity contribution in [3.63, 3.8) is 0 Å². The zero-order valence-electron chi connectivity index (χ0n) is 19.9. The number of rotatable bonds is 5. The van der Waals surface area contributed by atoms with Crippen LogP contribution in [0.15, 0.2) is 81.7 Å². The van der Waals surface area contributed by atoms with Gasteiger partial charge in [-0.1, -0.05) is 65.4 Å². The molecule has 3 aromatic carbocycles. The highest BCUT2D eigenvalue weighted by Crippen LogP contribution is 2.37. The predicted molar refractivity (Wildman–Crippen MR) is 142 cm³/mol. The van der Waals surface area contributed by atoms with E-state index in [9.17, 15) is 9.59 Å². The number of carbonyl (C=O) groups excluding carboxylic acids is 1. The molecule has 0 spiro atoms. The van der Waals surface area contributed by atoms with Crippen molar-refractivity contribution < 1.29 is 14.3 Å². The minimum atomic E-state index is -0.705. The summed E-state index contributed by atoms with van der Waals surface area (Å²) >= 11 is 7.31. The smallest absolute Gasteiger partial charge is 0.338 e. The third-order valence-corrected chi connectivity index (χ3v) is 7.35. The number of benzene rings is 3. The van der Waals surface area contributed by atoms with Crippen molar-refractivity contribution >= 4 is 45.8 Å². The molecule has 0 saturated carbocycles. The van der Waals surface area contributed by atoms with Gasteiger partial charge in [0.2, 0.25) is 0 Å². The molecule has 0 amide bonds. The van der Waals surface area contributed by atoms with Gasteiger partial charge in [-0.3, -0.25) is 9.36 Å². The fourth-order valence-electron chi connectivity index (χ4n) is 4.51. The highest BCUT2D eigenvalue weighted by molar-refractivity contribution is 7.07. The summed E-state index contributed by atoms with van der Waals surface area (Å²) in [6.07, 6.45) is 1.81. The van der Waals surface area contributed by atoms with Gasteiger partial charge in [0.25, 0.3) is 5.56 Å². The van der Waals surface area contributed by atoms with E-state index in [0.717, 1.165) is 21.9 Å². The second-order valence-electron chi connectivity index (χ2n) is 8.26. The second-order valence-corrected chi connectivity index (χ2v) is 9.70. The van der Waals surface area contributed by atoms with Crippen LogP contribution in [0.5, 0.6) is 5.75 Å². The number of methoxy groups -OCH3 is 1. The summed E-state index contributed by atoms with van der Waals surface area (Å²) in [5.41, 5.74) is 2.28. The first-order chi connectivity index (χ1) is 17.4. The summed E-state index contributed by atoms with van der Waals surface area (Å²) in [6, 6.07) is 18.1. The van der Waals surface area contributed by atoms with Gasteiger partial charge in [0.1, 0.15) is 5.75 Å². The number of hydrogen-bond donors (Lipinski definition) is 0. The van der Waals surface area contributed by atoms with Crippen LogP contribution in [0.4, 0.5) is 0 Å². The molecule has 2 heterocycles. The Morgan fingerprint density at radius 2 is 1.83 bits per heavy atom. The van der Waals surface area contributed by atoms with Crippen LogP contribution in [0.25, 0.3) is 16.8 Å². The van der Waals surface area contributed by atoms with Crippen LogP contribution in [-0.2, 0) is 9.53 Å². The minimum Gasteiger partial charge on any atom is -0.496 e. The van der Waals surface area contributed by atoms with E-state index in [1.807, 2.05) is 54.6 Å². The van der Waals surface area contributed by atoms with E-state index in [4.69, 9.17) is 21.1 Å². The van der Waals surface area contributed by atoms with Crippen LogP contribution in [0, 0.1) is 0 Å². The van der Waals surface area contributed by atoms with E-state index < -0.39 is 12.0 Å². The number of halogens is 1. The van der Waals surface area contributed by atoms with Gasteiger partial charge >= 0.3 is 5.97 Å². The van der Waals surface area contributed by atoms with Crippen LogP contribution < -0.4 is 19.6 Å². The lowest BCUT2D eigenvalue weighted by Gasteiger charge is -2.26. The molecule has 0 saturated heterocycles. The summed E-state index contributed by atoms with van der Waals surface area (Å²) < 4.78 is 13.1. The molecule has 0 fully saturated rings. The van der Waals surface area contributed by atoms with Crippen molar-refractivity contribution in [3.05, 3.63) is 108 Å². The third-order valence-electron chi connectivity index (χ3n) is 6.12. The van der Waals surface area contributed by atoms with Gasteiger partial charge in [-0.25, -0.2) is 9.79 Å². The van der Waals surface area contributed by atoms with E-state index in [1.165, 1.54) is 11.3 Å². The molecule has 0 bridgehead atoms. The lowest BCUT2D eigenvalue weighted by Crippen LogP contribution is -2.40. The number of allylic oxidation sites excluding steroid dienone is 1. The molecule has 36 heavy (non-hydrogen) atoms. The first kappa shape index (κ1) is 24.0. The fourth-order valence-corrected chi connectivity index (χ4v) is 5.68. The second kappa shape index (κ2) is 9.76. The summed E-state index contributed by atoms with van der Waals surface area (Å²) in [5.74, 6) is 0.221. The van der Waals surface area contributed by atoms with Gasteiger partial charge in [-0.05, 0) is 54.6 Å². The predicted octanol–water partition coefficient (Wildman–Crippen LogP) is 4.61. The fraction of sp³-hybridized carbons (Fsp3) is 0.179. The molecule has 1 unspecified atom stereocenters. The Labute approximate surface area is 216 Å². The number of carbonyl (C=O) groups is 1. The van der Waals surface area contributed by atoms with E-state index in [0.29, 0.717) is 31.4 Å². The van der Waals surface area contributed by atoms with Gasteiger partial charge in [0, 0.05) is 10.4 Å². The lowest BCUT2D eigenvalue weighted by atomic mass is 9.91. The summed E-state index contributed by atoms with van der Waals surface area (Å²) in [7, 11) is 1.62. The minimum absolute atomic E-state index is 0.215. The molecule has 0 N–H and O–H groups in total. The molecule has 1 atom stereocenters. The molecule has 4 aromatic rings. The SMILES string of the molecule is CCOC(=O)C1=C(C)N=c2sc(=Cc3ccc(Cl)cc3)c(=O)n2C1c1ccc(OC)c2ccccc12. The van der Waals surface area contributed by atoms with Crippen LogP contribution in [0.1, 0.15) is 31.0 Å². The number of nitrogens with zero attached hydrogens (tertiary/aromatic N) is 2. The molecule has 1 aliphatic rings. The molecule has 5 rings (SSSR count). The molecule has 8 heteroatoms. The number of hydrogen-bond acceptors (Lipinski definition) is 6. The first-order valence-electron chi connectivity index (χ1n) is 11.4. The maximum absolute atomic E-state index is 13.8. The molecule has 6 nitrogen and oxygen atoms in total. The van der Waals surface area contributed by atoms with Gasteiger partial charge in [-0.2, -0.15) is 0 Å². The molecule has 1 aromatic heterocycles. The Morgan fingerprint density at radius 3 is 2.53 bits per heavy atom. The Balaban J connectivity index is 1.81. The highest BCUT2D eigenvalue weighted by Gasteiger charge is 2.34. The summed E-state index contributed by atoms with van der Waals surface area (Å²) in [4.78, 5) is 32.2. The Kier molecular flexibility index (Phi) is 6.51. The summed E-state index contributed by atoms with van der Waals surface area (Å²) in [6.45, 7) is 3.75. The third kappa shape index (κ3) is 4.14. The Hall–Kier alpha value is -3.68. The van der Waals surface area contributed by atoms with E-state index >= 15 is 0 Å². The van der Waals surface area contributed by atoms with Crippen LogP contribution >= 0.6 is 22.9 Å². The van der Waals surface area contributed by atoms with E-state index in [1.54, 1.807) is 37.7 Å². The first-order valence-corrected chi connectivity index (χ1v) is 12.6. The van der Waals surface area contributed by atoms with E-state index in [2.05, 4.69) is 4.99 Å². The van der Waals surface area contributed by atoms with Gasteiger partial charge in [0.15, 0.2) is 4.80 Å². The number of fused-ring (bicyclic) bond motifs is 2. The average molecular weight is 519 g/mol. The largest absolute Gasteiger partial charge is 0.496 e. The van der Waals surface area contributed by atoms with Crippen molar-refractivity contribution in [2.45, 2.75) is 19.9 Å². The molecular formula is C28H23ClN2O4S. The molecular weight excluding hydrogens is 496 g/mol. The standard InChI is InChI=1S/C28H23ClN2O4S/c1-4-35-27(33)24-16(2)30-28-31(26(32)23(36-28)15-17-9-11-18(29)12-10-17)25(24)21-13-14-22(34-3)20-8-6-5-7-19(20)21/h5-15,25H,4H2,1-3H3.